The molecule has 1 aliphatic heterocycles. The lowest BCUT2D eigenvalue weighted by molar-refractivity contribution is 0.486. The van der Waals surface area contributed by atoms with Crippen molar-refractivity contribution >= 4 is 10.0 Å². The number of rotatable bonds is 4. The standard InChI is InChI=1S/C10H22N2O2S/c1-10(2,3)12-15(13,14)8-6-9-5-4-7-11-9/h9,11-12H,4-8H2,1-3H3. The lowest BCUT2D eigenvalue weighted by Gasteiger charge is -2.21. The highest BCUT2D eigenvalue weighted by molar-refractivity contribution is 7.89. The van der Waals surface area contributed by atoms with E-state index in [0.717, 1.165) is 19.4 Å². The molecule has 0 saturated carbocycles. The summed E-state index contributed by atoms with van der Waals surface area (Å²) in [5.41, 5.74) is -0.373. The Labute approximate surface area is 92.9 Å². The second-order valence-electron chi connectivity index (χ2n) is 5.25. The first-order valence-electron chi connectivity index (χ1n) is 5.53. The van der Waals surface area contributed by atoms with Crippen LogP contribution >= 0.6 is 0 Å². The van der Waals surface area contributed by atoms with Gasteiger partial charge in [-0.15, -0.1) is 0 Å². The number of sulfonamides is 1. The van der Waals surface area contributed by atoms with E-state index in [1.54, 1.807) is 0 Å². The Balaban J connectivity index is 2.36. The number of hydrogen-bond donors (Lipinski definition) is 2. The van der Waals surface area contributed by atoms with Crippen LogP contribution in [0.15, 0.2) is 0 Å². The molecule has 15 heavy (non-hydrogen) atoms. The third-order valence-corrected chi connectivity index (χ3v) is 4.06. The Hall–Kier alpha value is -0.130. The van der Waals surface area contributed by atoms with E-state index >= 15 is 0 Å². The van der Waals surface area contributed by atoms with Gasteiger partial charge in [0, 0.05) is 11.6 Å². The average Bonchev–Trinajstić information content (AvgIpc) is 2.47. The molecule has 0 bridgehead atoms. The van der Waals surface area contributed by atoms with Gasteiger partial charge < -0.3 is 5.32 Å². The lowest BCUT2D eigenvalue weighted by Crippen LogP contribution is -2.42. The van der Waals surface area contributed by atoms with E-state index in [-0.39, 0.29) is 11.3 Å². The van der Waals surface area contributed by atoms with Gasteiger partial charge in [0.15, 0.2) is 0 Å². The van der Waals surface area contributed by atoms with E-state index in [9.17, 15) is 8.42 Å². The second-order valence-corrected chi connectivity index (χ2v) is 7.09. The summed E-state index contributed by atoms with van der Waals surface area (Å²) in [4.78, 5) is 0. The predicted octanol–water partition coefficient (Wildman–Crippen LogP) is 0.846. The van der Waals surface area contributed by atoms with E-state index in [4.69, 9.17) is 0 Å². The fraction of sp³-hybridized carbons (Fsp3) is 1.00. The smallest absolute Gasteiger partial charge is 0.212 e. The number of hydrogen-bond acceptors (Lipinski definition) is 3. The summed E-state index contributed by atoms with van der Waals surface area (Å²) in [6, 6.07) is 0.390. The lowest BCUT2D eigenvalue weighted by atomic mass is 10.1. The molecule has 1 fully saturated rings. The van der Waals surface area contributed by atoms with Gasteiger partial charge in [0.1, 0.15) is 0 Å². The van der Waals surface area contributed by atoms with Crippen LogP contribution in [0, 0.1) is 0 Å². The van der Waals surface area contributed by atoms with Gasteiger partial charge in [0.05, 0.1) is 5.75 Å². The molecule has 1 aliphatic rings. The molecule has 2 N–H and O–H groups in total. The van der Waals surface area contributed by atoms with E-state index < -0.39 is 10.0 Å². The maximum absolute atomic E-state index is 11.7. The first-order chi connectivity index (χ1) is 6.79. The fourth-order valence-corrected chi connectivity index (χ4v) is 3.45. The van der Waals surface area contributed by atoms with Crippen molar-refractivity contribution in [3.8, 4) is 0 Å². The Kier molecular flexibility index (Phi) is 4.14. The fourth-order valence-electron chi connectivity index (χ4n) is 1.82. The minimum absolute atomic E-state index is 0.224. The Morgan fingerprint density at radius 1 is 1.40 bits per heavy atom. The topological polar surface area (TPSA) is 58.2 Å². The van der Waals surface area contributed by atoms with Crippen LogP contribution in [0.5, 0.6) is 0 Å². The maximum atomic E-state index is 11.7. The van der Waals surface area contributed by atoms with Crippen LogP contribution in [0.4, 0.5) is 0 Å². The van der Waals surface area contributed by atoms with Crippen LogP contribution in [0.25, 0.3) is 0 Å². The number of nitrogens with one attached hydrogen (secondary N) is 2. The van der Waals surface area contributed by atoms with Gasteiger partial charge in [0.2, 0.25) is 10.0 Å². The largest absolute Gasteiger partial charge is 0.314 e. The minimum Gasteiger partial charge on any atom is -0.314 e. The van der Waals surface area contributed by atoms with Crippen molar-refractivity contribution in [2.75, 3.05) is 12.3 Å². The molecule has 1 unspecified atom stereocenters. The summed E-state index contributed by atoms with van der Waals surface area (Å²) in [6.45, 7) is 6.60. The zero-order valence-electron chi connectivity index (χ0n) is 9.84. The zero-order valence-corrected chi connectivity index (χ0v) is 10.7. The van der Waals surface area contributed by atoms with E-state index in [1.807, 2.05) is 20.8 Å². The minimum atomic E-state index is -3.12. The third kappa shape index (κ3) is 5.49. The summed E-state index contributed by atoms with van der Waals surface area (Å²) >= 11 is 0. The molecule has 1 saturated heterocycles. The van der Waals surface area contributed by atoms with Gasteiger partial charge in [-0.1, -0.05) is 0 Å². The molecule has 1 rings (SSSR count). The summed E-state index contributed by atoms with van der Waals surface area (Å²) in [6.07, 6.45) is 2.98. The van der Waals surface area contributed by atoms with Crippen molar-refractivity contribution in [2.24, 2.45) is 0 Å². The molecule has 0 amide bonds. The molecule has 0 aromatic heterocycles. The van der Waals surface area contributed by atoms with Crippen molar-refractivity contribution in [1.82, 2.24) is 10.0 Å². The van der Waals surface area contributed by atoms with Gasteiger partial charge in [0.25, 0.3) is 0 Å². The summed E-state index contributed by atoms with van der Waals surface area (Å²) in [5.74, 6) is 0.224. The highest BCUT2D eigenvalue weighted by Crippen LogP contribution is 2.10. The van der Waals surface area contributed by atoms with Crippen LogP contribution in [-0.4, -0.2) is 32.3 Å². The molecular formula is C10H22N2O2S. The van der Waals surface area contributed by atoms with E-state index in [0.29, 0.717) is 12.5 Å². The van der Waals surface area contributed by atoms with Gasteiger partial charge in [-0.3, -0.25) is 0 Å². The van der Waals surface area contributed by atoms with Crippen molar-refractivity contribution in [3.63, 3.8) is 0 Å². The zero-order chi connectivity index (χ0) is 11.5. The summed E-state index contributed by atoms with van der Waals surface area (Å²) in [5, 5.41) is 3.30. The Morgan fingerprint density at radius 2 is 2.07 bits per heavy atom. The van der Waals surface area contributed by atoms with Gasteiger partial charge in [-0.25, -0.2) is 13.1 Å². The summed E-state index contributed by atoms with van der Waals surface area (Å²) < 4.78 is 26.0. The highest BCUT2D eigenvalue weighted by Gasteiger charge is 2.22. The van der Waals surface area contributed by atoms with Crippen LogP contribution in [-0.2, 0) is 10.0 Å². The van der Waals surface area contributed by atoms with Crippen LogP contribution < -0.4 is 10.0 Å². The molecule has 4 nitrogen and oxygen atoms in total. The molecule has 0 spiro atoms. The molecule has 90 valence electrons. The highest BCUT2D eigenvalue weighted by atomic mass is 32.2. The van der Waals surface area contributed by atoms with E-state index in [1.165, 1.54) is 0 Å². The molecule has 0 aromatic carbocycles. The van der Waals surface area contributed by atoms with Gasteiger partial charge >= 0.3 is 0 Å². The van der Waals surface area contributed by atoms with Crippen molar-refractivity contribution in [2.45, 2.75) is 51.6 Å². The molecule has 0 aliphatic carbocycles. The Bertz CT molecular complexity index is 287. The SMILES string of the molecule is CC(C)(C)NS(=O)(=O)CCC1CCCN1. The molecule has 0 radical (unpaired) electrons. The second kappa shape index (κ2) is 4.80. The van der Waals surface area contributed by atoms with Crippen molar-refractivity contribution in [1.29, 1.82) is 0 Å². The Morgan fingerprint density at radius 3 is 2.53 bits per heavy atom. The van der Waals surface area contributed by atoms with Gasteiger partial charge in [-0.2, -0.15) is 0 Å². The van der Waals surface area contributed by atoms with Gasteiger partial charge in [-0.05, 0) is 46.6 Å². The molecular weight excluding hydrogens is 212 g/mol. The third-order valence-electron chi connectivity index (χ3n) is 2.36. The molecule has 0 aromatic rings. The first-order valence-corrected chi connectivity index (χ1v) is 7.19. The van der Waals surface area contributed by atoms with E-state index in [2.05, 4.69) is 10.0 Å². The van der Waals surface area contributed by atoms with Crippen LogP contribution in [0.2, 0.25) is 0 Å². The molecule has 5 heteroatoms. The molecule has 1 atom stereocenters. The summed E-state index contributed by atoms with van der Waals surface area (Å²) in [7, 11) is -3.12. The molecule has 1 heterocycles. The van der Waals surface area contributed by atoms with Crippen molar-refractivity contribution in [3.05, 3.63) is 0 Å². The van der Waals surface area contributed by atoms with Crippen LogP contribution in [0.3, 0.4) is 0 Å². The van der Waals surface area contributed by atoms with Crippen LogP contribution in [0.1, 0.15) is 40.0 Å². The average molecular weight is 234 g/mol. The quantitative estimate of drug-likeness (QED) is 0.758. The normalized spacial score (nSPS) is 23.3. The predicted molar refractivity (Wildman–Crippen MR) is 62.3 cm³/mol. The van der Waals surface area contributed by atoms with Crippen molar-refractivity contribution < 1.29 is 8.42 Å². The monoisotopic (exact) mass is 234 g/mol. The maximum Gasteiger partial charge on any atom is 0.212 e. The first kappa shape index (κ1) is 12.9.